The van der Waals surface area contributed by atoms with E-state index >= 15 is 0 Å². The smallest absolute Gasteiger partial charge is 0.0733 e. The van der Waals surface area contributed by atoms with Crippen LogP contribution in [-0.2, 0) is 4.74 Å². The Hall–Kier alpha value is 0.0249. The van der Waals surface area contributed by atoms with E-state index in [4.69, 9.17) is 12.6 Å². The van der Waals surface area contributed by atoms with Crippen molar-refractivity contribution in [3.63, 3.8) is 0 Å². The third-order valence-corrected chi connectivity index (χ3v) is 0.665. The van der Waals surface area contributed by atoms with Crippen molar-refractivity contribution in [2.45, 2.75) is 12.4 Å². The second-order valence-corrected chi connectivity index (χ2v) is 1.19. The number of ether oxygens (including phenoxy) is 1. The van der Waals surface area contributed by atoms with Crippen LogP contribution >= 0.6 is 0 Å². The van der Waals surface area contributed by atoms with Crippen molar-refractivity contribution < 1.29 is 4.74 Å². The van der Waals surface area contributed by atoms with Gasteiger partial charge in [0, 0.05) is 0 Å². The summed E-state index contributed by atoms with van der Waals surface area (Å²) in [5, 5.41) is 0. The molecule has 0 aromatic rings. The van der Waals surface area contributed by atoms with Gasteiger partial charge in [0.05, 0.1) is 20.6 Å². The molecule has 1 fully saturated rings. The molecule has 1 aliphatic heterocycles. The van der Waals surface area contributed by atoms with Gasteiger partial charge in [-0.2, -0.15) is 0 Å². The molecule has 0 aromatic heterocycles. The van der Waals surface area contributed by atoms with Crippen LogP contribution in [0.3, 0.4) is 0 Å². The zero-order valence-electron chi connectivity index (χ0n) is 2.98. The van der Waals surface area contributed by atoms with Crippen molar-refractivity contribution in [3.8, 4) is 0 Å². The molecular formula is C3H5BO. The van der Waals surface area contributed by atoms with Crippen LogP contribution in [0.25, 0.3) is 0 Å². The van der Waals surface area contributed by atoms with Crippen molar-refractivity contribution in [1.29, 1.82) is 0 Å². The van der Waals surface area contributed by atoms with Gasteiger partial charge in [-0.15, -0.1) is 0 Å². The lowest BCUT2D eigenvalue weighted by atomic mass is 10.0. The minimum Gasteiger partial charge on any atom is -0.374 e. The highest BCUT2D eigenvalue weighted by Crippen LogP contribution is 2.10. The molecule has 1 unspecified atom stereocenters. The van der Waals surface area contributed by atoms with E-state index in [1.165, 1.54) is 0 Å². The van der Waals surface area contributed by atoms with Crippen LogP contribution in [0.1, 0.15) is 0 Å². The molecule has 0 aliphatic carbocycles. The second kappa shape index (κ2) is 1.01. The molecule has 0 saturated carbocycles. The Bertz CT molecular complexity index is 33.9. The van der Waals surface area contributed by atoms with Crippen LogP contribution in [0.4, 0.5) is 0 Å². The first-order valence-electron chi connectivity index (χ1n) is 1.75. The van der Waals surface area contributed by atoms with Crippen LogP contribution in [-0.4, -0.2) is 20.6 Å². The standard InChI is InChI=1S/C3H5BO/c4-1-3-2-5-3/h3H,1-2H2. The first kappa shape index (κ1) is 3.22. The molecule has 1 saturated heterocycles. The normalized spacial score (nSPS) is 34.0. The molecule has 0 spiro atoms. The van der Waals surface area contributed by atoms with Crippen molar-refractivity contribution in [1.82, 2.24) is 0 Å². The maximum absolute atomic E-state index is 5.11. The summed E-state index contributed by atoms with van der Waals surface area (Å²) in [4.78, 5) is 0. The summed E-state index contributed by atoms with van der Waals surface area (Å²) >= 11 is 0. The lowest BCUT2D eigenvalue weighted by Gasteiger charge is -1.69. The van der Waals surface area contributed by atoms with Crippen molar-refractivity contribution in [2.75, 3.05) is 6.61 Å². The van der Waals surface area contributed by atoms with E-state index in [0.717, 1.165) is 6.61 Å². The van der Waals surface area contributed by atoms with Gasteiger partial charge in [0.1, 0.15) is 0 Å². The maximum Gasteiger partial charge on any atom is 0.0733 e. The first-order chi connectivity index (χ1) is 2.43. The lowest BCUT2D eigenvalue weighted by Crippen LogP contribution is -1.76. The highest BCUT2D eigenvalue weighted by atomic mass is 16.6. The summed E-state index contributed by atoms with van der Waals surface area (Å²) < 4.78 is 4.73. The predicted octanol–water partition coefficient (Wildman–Crippen LogP) is -0.0280. The minimum absolute atomic E-state index is 0.412. The molecule has 1 atom stereocenters. The highest BCUT2D eigenvalue weighted by molar-refractivity contribution is 6.09. The molecule has 0 bridgehead atoms. The molecule has 0 aromatic carbocycles. The molecule has 1 aliphatic rings. The maximum atomic E-state index is 5.11. The highest BCUT2D eigenvalue weighted by Gasteiger charge is 2.17. The first-order valence-corrected chi connectivity index (χ1v) is 1.75. The topological polar surface area (TPSA) is 12.5 Å². The van der Waals surface area contributed by atoms with Gasteiger partial charge in [0.25, 0.3) is 0 Å². The van der Waals surface area contributed by atoms with Crippen molar-refractivity contribution >= 4 is 7.85 Å². The summed E-state index contributed by atoms with van der Waals surface area (Å²) in [6.45, 7) is 0.885. The summed E-state index contributed by atoms with van der Waals surface area (Å²) in [6.07, 6.45) is 1.11. The molecule has 26 valence electrons. The van der Waals surface area contributed by atoms with E-state index in [0.29, 0.717) is 12.4 Å². The third kappa shape index (κ3) is 0.654. The fourth-order valence-corrected chi connectivity index (χ4v) is 0.204. The van der Waals surface area contributed by atoms with Crippen LogP contribution in [0, 0.1) is 0 Å². The Morgan fingerprint density at radius 2 is 2.60 bits per heavy atom. The molecular weight excluding hydrogens is 62.8 g/mol. The van der Waals surface area contributed by atoms with E-state index in [9.17, 15) is 0 Å². The van der Waals surface area contributed by atoms with Gasteiger partial charge in [0.15, 0.2) is 0 Å². The Kier molecular flexibility index (Phi) is 0.654. The monoisotopic (exact) mass is 68.0 g/mol. The Morgan fingerprint density at radius 1 is 2.00 bits per heavy atom. The zero-order chi connectivity index (χ0) is 3.70. The second-order valence-electron chi connectivity index (χ2n) is 1.19. The number of epoxide rings is 1. The van der Waals surface area contributed by atoms with Crippen molar-refractivity contribution in [2.24, 2.45) is 0 Å². The SMILES string of the molecule is [B]CC1CO1. The van der Waals surface area contributed by atoms with E-state index in [1.54, 1.807) is 0 Å². The summed E-state index contributed by atoms with van der Waals surface area (Å²) in [5.41, 5.74) is 0. The van der Waals surface area contributed by atoms with Gasteiger partial charge in [-0.05, 0) is 0 Å². The average molecular weight is 67.9 g/mol. The summed E-state index contributed by atoms with van der Waals surface area (Å²) in [5.74, 6) is 0. The minimum atomic E-state index is 0.412. The van der Waals surface area contributed by atoms with Crippen LogP contribution in [0.5, 0.6) is 0 Å². The third-order valence-electron chi connectivity index (χ3n) is 0.665. The quantitative estimate of drug-likeness (QED) is 0.310. The molecule has 5 heavy (non-hydrogen) atoms. The van der Waals surface area contributed by atoms with Gasteiger partial charge in [-0.1, -0.05) is 6.32 Å². The van der Waals surface area contributed by atoms with Gasteiger partial charge in [0.2, 0.25) is 0 Å². The van der Waals surface area contributed by atoms with Gasteiger partial charge in [-0.3, -0.25) is 0 Å². The van der Waals surface area contributed by atoms with Gasteiger partial charge >= 0.3 is 0 Å². The van der Waals surface area contributed by atoms with Crippen LogP contribution in [0.2, 0.25) is 6.32 Å². The number of hydrogen-bond acceptors (Lipinski definition) is 1. The van der Waals surface area contributed by atoms with Crippen LogP contribution < -0.4 is 0 Å². The van der Waals surface area contributed by atoms with E-state index in [2.05, 4.69) is 0 Å². The Balaban J connectivity index is 2.00. The molecule has 2 radical (unpaired) electrons. The Labute approximate surface area is 32.7 Å². The predicted molar refractivity (Wildman–Crippen MR) is 20.3 cm³/mol. The summed E-state index contributed by atoms with van der Waals surface area (Å²) in [7, 11) is 5.11. The van der Waals surface area contributed by atoms with Gasteiger partial charge < -0.3 is 4.74 Å². The molecule has 1 rings (SSSR count). The Morgan fingerprint density at radius 3 is 2.60 bits per heavy atom. The lowest BCUT2D eigenvalue weighted by molar-refractivity contribution is 0.423. The average Bonchev–Trinajstić information content (AvgIpc) is 2.12. The fraction of sp³-hybridized carbons (Fsp3) is 1.00. The zero-order valence-corrected chi connectivity index (χ0v) is 2.98. The fourth-order valence-electron chi connectivity index (χ4n) is 0.204. The molecule has 1 heterocycles. The largest absolute Gasteiger partial charge is 0.374 e. The molecule has 0 N–H and O–H groups in total. The van der Waals surface area contributed by atoms with E-state index < -0.39 is 0 Å². The molecule has 2 heteroatoms. The van der Waals surface area contributed by atoms with Gasteiger partial charge in [-0.25, -0.2) is 0 Å². The van der Waals surface area contributed by atoms with Crippen LogP contribution in [0.15, 0.2) is 0 Å². The van der Waals surface area contributed by atoms with Crippen molar-refractivity contribution in [3.05, 3.63) is 0 Å². The number of rotatable bonds is 1. The summed E-state index contributed by atoms with van der Waals surface area (Å²) in [6, 6.07) is 0. The van der Waals surface area contributed by atoms with E-state index in [-0.39, 0.29) is 0 Å². The van der Waals surface area contributed by atoms with E-state index in [1.807, 2.05) is 0 Å². The molecule has 1 nitrogen and oxygen atoms in total. The molecule has 0 amide bonds. The number of hydrogen-bond donors (Lipinski definition) is 0.